The number of carbonyl (C=O) groups is 2. The SMILES string of the molecule is COC1(CNC(=O)NC2CCC(C(=O)O)CC2)CCC1. The average Bonchev–Trinajstić information content (AvgIpc) is 2.38. The molecule has 0 bridgehead atoms. The van der Waals surface area contributed by atoms with Crippen LogP contribution in [-0.4, -0.2) is 42.4 Å². The number of amides is 2. The van der Waals surface area contributed by atoms with E-state index in [0.717, 1.165) is 32.1 Å². The Kier molecular flexibility index (Phi) is 4.86. The van der Waals surface area contributed by atoms with E-state index in [4.69, 9.17) is 9.84 Å². The summed E-state index contributed by atoms with van der Waals surface area (Å²) in [6.07, 6.45) is 5.89. The first-order valence-electron chi connectivity index (χ1n) is 7.37. The third-order valence-corrected chi connectivity index (χ3v) is 4.68. The van der Waals surface area contributed by atoms with Crippen molar-refractivity contribution in [1.82, 2.24) is 10.6 Å². The van der Waals surface area contributed by atoms with E-state index in [1.807, 2.05) is 0 Å². The third-order valence-electron chi connectivity index (χ3n) is 4.68. The number of aliphatic carboxylic acids is 1. The van der Waals surface area contributed by atoms with Gasteiger partial charge < -0.3 is 20.5 Å². The molecular weight excluding hydrogens is 260 g/mol. The second-order valence-electron chi connectivity index (χ2n) is 5.95. The van der Waals surface area contributed by atoms with Crippen molar-refractivity contribution >= 4 is 12.0 Å². The first kappa shape index (κ1) is 15.1. The maximum absolute atomic E-state index is 11.8. The predicted molar refractivity (Wildman–Crippen MR) is 73.5 cm³/mol. The molecule has 0 aromatic carbocycles. The Morgan fingerprint density at radius 1 is 1.25 bits per heavy atom. The maximum Gasteiger partial charge on any atom is 0.315 e. The lowest BCUT2D eigenvalue weighted by molar-refractivity contribution is -0.142. The summed E-state index contributed by atoms with van der Waals surface area (Å²) < 4.78 is 5.45. The van der Waals surface area contributed by atoms with E-state index in [-0.39, 0.29) is 23.6 Å². The Bertz CT molecular complexity index is 355. The molecule has 0 spiro atoms. The minimum Gasteiger partial charge on any atom is -0.481 e. The van der Waals surface area contributed by atoms with Gasteiger partial charge in [0, 0.05) is 19.7 Å². The summed E-state index contributed by atoms with van der Waals surface area (Å²) in [7, 11) is 1.69. The number of carboxylic acids is 1. The third kappa shape index (κ3) is 3.62. The predicted octanol–water partition coefficient (Wildman–Crippen LogP) is 1.50. The summed E-state index contributed by atoms with van der Waals surface area (Å²) in [4.78, 5) is 22.7. The van der Waals surface area contributed by atoms with Crippen LogP contribution in [0.15, 0.2) is 0 Å². The molecule has 20 heavy (non-hydrogen) atoms. The number of nitrogens with one attached hydrogen (secondary N) is 2. The van der Waals surface area contributed by atoms with Gasteiger partial charge in [0.1, 0.15) is 0 Å². The number of hydrogen-bond donors (Lipinski definition) is 3. The van der Waals surface area contributed by atoms with Crippen LogP contribution in [0, 0.1) is 5.92 Å². The quantitative estimate of drug-likeness (QED) is 0.714. The monoisotopic (exact) mass is 284 g/mol. The highest BCUT2D eigenvalue weighted by Gasteiger charge is 2.37. The van der Waals surface area contributed by atoms with Crippen molar-refractivity contribution in [3.63, 3.8) is 0 Å². The van der Waals surface area contributed by atoms with Crippen molar-refractivity contribution in [2.75, 3.05) is 13.7 Å². The zero-order valence-electron chi connectivity index (χ0n) is 12.0. The molecule has 2 aliphatic rings. The lowest BCUT2D eigenvalue weighted by Gasteiger charge is -2.40. The van der Waals surface area contributed by atoms with Crippen LogP contribution in [0.4, 0.5) is 4.79 Å². The summed E-state index contributed by atoms with van der Waals surface area (Å²) in [5, 5.41) is 14.7. The number of ether oxygens (including phenoxy) is 1. The summed E-state index contributed by atoms with van der Waals surface area (Å²) in [6, 6.07) is -0.0856. The van der Waals surface area contributed by atoms with Crippen LogP contribution in [0.25, 0.3) is 0 Å². The summed E-state index contributed by atoms with van der Waals surface area (Å²) in [5.41, 5.74) is -0.168. The van der Waals surface area contributed by atoms with Gasteiger partial charge in [-0.15, -0.1) is 0 Å². The van der Waals surface area contributed by atoms with Crippen LogP contribution in [0.2, 0.25) is 0 Å². The van der Waals surface area contributed by atoms with Crippen LogP contribution in [0.5, 0.6) is 0 Å². The molecule has 2 fully saturated rings. The number of carboxylic acid groups (broad SMARTS) is 1. The molecule has 0 aliphatic heterocycles. The summed E-state index contributed by atoms with van der Waals surface area (Å²) in [5.74, 6) is -0.970. The van der Waals surface area contributed by atoms with Gasteiger partial charge in [-0.1, -0.05) is 0 Å². The Balaban J connectivity index is 1.66. The Hall–Kier alpha value is -1.30. The van der Waals surface area contributed by atoms with E-state index in [0.29, 0.717) is 19.4 Å². The fraction of sp³-hybridized carbons (Fsp3) is 0.857. The second-order valence-corrected chi connectivity index (χ2v) is 5.95. The molecule has 0 heterocycles. The van der Waals surface area contributed by atoms with Crippen LogP contribution in [-0.2, 0) is 9.53 Å². The highest BCUT2D eigenvalue weighted by Crippen LogP contribution is 2.34. The molecule has 0 aromatic heterocycles. The van der Waals surface area contributed by atoms with Crippen LogP contribution >= 0.6 is 0 Å². The average molecular weight is 284 g/mol. The molecule has 3 N–H and O–H groups in total. The Morgan fingerprint density at radius 2 is 1.90 bits per heavy atom. The lowest BCUT2D eigenvalue weighted by atomic mass is 9.80. The van der Waals surface area contributed by atoms with Gasteiger partial charge in [0.2, 0.25) is 0 Å². The summed E-state index contributed by atoms with van der Waals surface area (Å²) >= 11 is 0. The van der Waals surface area contributed by atoms with E-state index in [1.165, 1.54) is 0 Å². The molecule has 2 amide bonds. The van der Waals surface area contributed by atoms with Crippen LogP contribution in [0.3, 0.4) is 0 Å². The molecule has 0 unspecified atom stereocenters. The fourth-order valence-corrected chi connectivity index (χ4v) is 2.99. The Morgan fingerprint density at radius 3 is 2.35 bits per heavy atom. The molecule has 114 valence electrons. The van der Waals surface area contributed by atoms with Gasteiger partial charge in [-0.2, -0.15) is 0 Å². The number of rotatable bonds is 5. The second kappa shape index (κ2) is 6.43. The molecule has 0 radical (unpaired) electrons. The molecule has 0 aromatic rings. The van der Waals surface area contributed by atoms with E-state index >= 15 is 0 Å². The smallest absolute Gasteiger partial charge is 0.315 e. The van der Waals surface area contributed by atoms with E-state index < -0.39 is 5.97 Å². The molecule has 2 saturated carbocycles. The van der Waals surface area contributed by atoms with Gasteiger partial charge in [-0.3, -0.25) is 4.79 Å². The number of hydrogen-bond acceptors (Lipinski definition) is 3. The molecule has 0 saturated heterocycles. The van der Waals surface area contributed by atoms with Gasteiger partial charge >= 0.3 is 12.0 Å². The van der Waals surface area contributed by atoms with Crippen molar-refractivity contribution in [2.45, 2.75) is 56.6 Å². The molecule has 0 atom stereocenters. The highest BCUT2D eigenvalue weighted by molar-refractivity contribution is 5.74. The standard InChI is InChI=1S/C14H24N2O4/c1-20-14(7-2-8-14)9-15-13(19)16-11-5-3-10(4-6-11)12(17)18/h10-11H,2-9H2,1H3,(H,17,18)(H2,15,16,19). The fourth-order valence-electron chi connectivity index (χ4n) is 2.99. The van der Waals surface area contributed by atoms with Crippen LogP contribution in [0.1, 0.15) is 44.9 Å². The van der Waals surface area contributed by atoms with E-state index in [2.05, 4.69) is 10.6 Å². The zero-order valence-corrected chi connectivity index (χ0v) is 12.0. The maximum atomic E-state index is 11.8. The minimum absolute atomic E-state index is 0.0884. The number of methoxy groups -OCH3 is 1. The van der Waals surface area contributed by atoms with Crippen molar-refractivity contribution in [1.29, 1.82) is 0 Å². The van der Waals surface area contributed by atoms with E-state index in [9.17, 15) is 9.59 Å². The summed E-state index contributed by atoms with van der Waals surface area (Å²) in [6.45, 7) is 0.541. The minimum atomic E-state index is -0.722. The van der Waals surface area contributed by atoms with Gasteiger partial charge in [0.15, 0.2) is 0 Å². The largest absolute Gasteiger partial charge is 0.481 e. The topological polar surface area (TPSA) is 87.7 Å². The van der Waals surface area contributed by atoms with Crippen molar-refractivity contribution in [3.05, 3.63) is 0 Å². The molecular formula is C14H24N2O4. The normalized spacial score (nSPS) is 28.2. The first-order chi connectivity index (χ1) is 9.54. The number of carbonyl (C=O) groups excluding carboxylic acids is 1. The van der Waals surface area contributed by atoms with E-state index in [1.54, 1.807) is 7.11 Å². The van der Waals surface area contributed by atoms with Gasteiger partial charge in [0.25, 0.3) is 0 Å². The van der Waals surface area contributed by atoms with Crippen molar-refractivity contribution < 1.29 is 19.4 Å². The van der Waals surface area contributed by atoms with Crippen LogP contribution < -0.4 is 10.6 Å². The number of urea groups is 1. The van der Waals surface area contributed by atoms with Gasteiger partial charge in [-0.05, 0) is 44.9 Å². The lowest BCUT2D eigenvalue weighted by Crippen LogP contribution is -2.53. The molecule has 6 heteroatoms. The molecule has 2 aliphatic carbocycles. The Labute approximate surface area is 119 Å². The highest BCUT2D eigenvalue weighted by atomic mass is 16.5. The van der Waals surface area contributed by atoms with Crippen molar-refractivity contribution in [3.8, 4) is 0 Å². The molecule has 6 nitrogen and oxygen atoms in total. The first-order valence-corrected chi connectivity index (χ1v) is 7.37. The zero-order chi connectivity index (χ0) is 14.6. The van der Waals surface area contributed by atoms with Gasteiger partial charge in [0.05, 0.1) is 11.5 Å². The molecule has 2 rings (SSSR count). The van der Waals surface area contributed by atoms with Crippen molar-refractivity contribution in [2.24, 2.45) is 5.92 Å². The van der Waals surface area contributed by atoms with Gasteiger partial charge in [-0.25, -0.2) is 4.79 Å².